The van der Waals surface area contributed by atoms with Gasteiger partial charge in [-0.05, 0) is 55.0 Å². The van der Waals surface area contributed by atoms with Crippen LogP contribution in [0.15, 0.2) is 22.7 Å². The summed E-state index contributed by atoms with van der Waals surface area (Å²) in [6.45, 7) is 4.05. The first kappa shape index (κ1) is 13.5. The van der Waals surface area contributed by atoms with Gasteiger partial charge in [-0.1, -0.05) is 16.8 Å². The normalized spacial score (nSPS) is 12.7. The van der Waals surface area contributed by atoms with Gasteiger partial charge >= 0.3 is 0 Å². The van der Waals surface area contributed by atoms with Crippen molar-refractivity contribution in [3.05, 3.63) is 39.1 Å². The Morgan fingerprint density at radius 1 is 1.44 bits per heavy atom. The van der Waals surface area contributed by atoms with Crippen LogP contribution in [0, 0.1) is 6.92 Å². The Balaban J connectivity index is 2.52. The molecule has 6 heteroatoms. The molecule has 1 aromatic carbocycles. The van der Waals surface area contributed by atoms with Crippen molar-refractivity contribution in [3.63, 3.8) is 0 Å². The molecule has 18 heavy (non-hydrogen) atoms. The third-order valence-corrected chi connectivity index (χ3v) is 3.82. The predicted octanol–water partition coefficient (Wildman–Crippen LogP) is 3.27. The molecule has 1 heterocycles. The number of rotatable bonds is 3. The molecule has 0 radical (unpaired) electrons. The van der Waals surface area contributed by atoms with E-state index in [1.165, 1.54) is 0 Å². The van der Waals surface area contributed by atoms with Crippen molar-refractivity contribution in [1.82, 2.24) is 20.3 Å². The molecule has 2 rings (SSSR count). The van der Waals surface area contributed by atoms with Crippen LogP contribution in [-0.2, 0) is 0 Å². The van der Waals surface area contributed by atoms with Crippen LogP contribution in [0.4, 0.5) is 0 Å². The first-order valence-corrected chi connectivity index (χ1v) is 6.76. The highest BCUT2D eigenvalue weighted by Gasteiger charge is 2.16. The van der Waals surface area contributed by atoms with Crippen LogP contribution in [0.2, 0.25) is 5.02 Å². The molecule has 0 spiro atoms. The van der Waals surface area contributed by atoms with Gasteiger partial charge in [-0.15, -0.1) is 5.10 Å². The maximum atomic E-state index is 6.02. The number of aromatic nitrogens is 3. The molecule has 0 saturated carbocycles. The zero-order valence-corrected chi connectivity index (χ0v) is 12.7. The Kier molecular flexibility index (Phi) is 4.04. The quantitative estimate of drug-likeness (QED) is 0.940. The fourth-order valence-corrected chi connectivity index (χ4v) is 2.34. The third kappa shape index (κ3) is 2.43. The Morgan fingerprint density at radius 2 is 2.17 bits per heavy atom. The van der Waals surface area contributed by atoms with Crippen molar-refractivity contribution < 1.29 is 0 Å². The lowest BCUT2D eigenvalue weighted by atomic mass is 10.2. The van der Waals surface area contributed by atoms with Crippen molar-refractivity contribution in [1.29, 1.82) is 0 Å². The summed E-state index contributed by atoms with van der Waals surface area (Å²) in [6, 6.07) is 5.76. The Bertz CT molecular complexity index is 567. The number of nitrogens with one attached hydrogen (secondary N) is 1. The number of hydrogen-bond donors (Lipinski definition) is 1. The van der Waals surface area contributed by atoms with Gasteiger partial charge in [0.25, 0.3) is 0 Å². The topological polar surface area (TPSA) is 42.7 Å². The standard InChI is InChI=1S/C12H14BrClN4/c1-7(15-3)12-8(2)18(17-16-12)11-6-9(14)4-5-10(11)13/h4-7,15H,1-3H3. The van der Waals surface area contributed by atoms with Crippen LogP contribution in [0.25, 0.3) is 5.69 Å². The van der Waals surface area contributed by atoms with Crippen LogP contribution in [0.3, 0.4) is 0 Å². The van der Waals surface area contributed by atoms with Gasteiger partial charge in [0.2, 0.25) is 0 Å². The van der Waals surface area contributed by atoms with E-state index in [2.05, 4.69) is 31.6 Å². The zero-order chi connectivity index (χ0) is 13.3. The maximum absolute atomic E-state index is 6.02. The van der Waals surface area contributed by atoms with Crippen LogP contribution in [0.5, 0.6) is 0 Å². The number of hydrogen-bond acceptors (Lipinski definition) is 3. The lowest BCUT2D eigenvalue weighted by Crippen LogP contribution is -2.14. The summed E-state index contributed by atoms with van der Waals surface area (Å²) in [5, 5.41) is 12.2. The molecular formula is C12H14BrClN4. The summed E-state index contributed by atoms with van der Waals surface area (Å²) in [5.41, 5.74) is 2.83. The summed E-state index contributed by atoms with van der Waals surface area (Å²) in [5.74, 6) is 0. The number of benzene rings is 1. The zero-order valence-electron chi connectivity index (χ0n) is 10.4. The molecule has 0 amide bonds. The van der Waals surface area contributed by atoms with Gasteiger partial charge in [-0.3, -0.25) is 0 Å². The molecule has 1 atom stereocenters. The fraction of sp³-hybridized carbons (Fsp3) is 0.333. The van der Waals surface area contributed by atoms with E-state index in [-0.39, 0.29) is 6.04 Å². The molecule has 1 aromatic heterocycles. The summed E-state index contributed by atoms with van der Waals surface area (Å²) >= 11 is 9.52. The highest BCUT2D eigenvalue weighted by atomic mass is 79.9. The van der Waals surface area contributed by atoms with E-state index < -0.39 is 0 Å². The second-order valence-electron chi connectivity index (χ2n) is 4.08. The molecule has 0 bridgehead atoms. The monoisotopic (exact) mass is 328 g/mol. The lowest BCUT2D eigenvalue weighted by Gasteiger charge is -2.09. The van der Waals surface area contributed by atoms with E-state index in [0.29, 0.717) is 5.02 Å². The minimum atomic E-state index is 0.164. The second kappa shape index (κ2) is 5.38. The summed E-state index contributed by atoms with van der Waals surface area (Å²) in [4.78, 5) is 0. The minimum absolute atomic E-state index is 0.164. The molecule has 0 aliphatic carbocycles. The molecule has 1 unspecified atom stereocenters. The highest BCUT2D eigenvalue weighted by Crippen LogP contribution is 2.26. The molecular weight excluding hydrogens is 316 g/mol. The Morgan fingerprint density at radius 3 is 2.83 bits per heavy atom. The van der Waals surface area contributed by atoms with Gasteiger partial charge in [-0.2, -0.15) is 0 Å². The smallest absolute Gasteiger partial charge is 0.103 e. The maximum Gasteiger partial charge on any atom is 0.103 e. The first-order chi connectivity index (χ1) is 8.54. The van der Waals surface area contributed by atoms with Crippen LogP contribution in [0.1, 0.15) is 24.4 Å². The first-order valence-electron chi connectivity index (χ1n) is 5.59. The van der Waals surface area contributed by atoms with Crippen molar-refractivity contribution in [2.45, 2.75) is 19.9 Å². The SMILES string of the molecule is CNC(C)c1nnn(-c2cc(Cl)ccc2Br)c1C. The molecule has 96 valence electrons. The Hall–Kier alpha value is -0.910. The van der Waals surface area contributed by atoms with E-state index >= 15 is 0 Å². The lowest BCUT2D eigenvalue weighted by molar-refractivity contribution is 0.627. The Labute approximate surface area is 119 Å². The minimum Gasteiger partial charge on any atom is -0.312 e. The largest absolute Gasteiger partial charge is 0.312 e. The molecule has 0 aliphatic rings. The van der Waals surface area contributed by atoms with E-state index in [1.54, 1.807) is 4.68 Å². The average molecular weight is 330 g/mol. The van der Waals surface area contributed by atoms with Gasteiger partial charge in [-0.25, -0.2) is 4.68 Å². The molecule has 0 saturated heterocycles. The molecule has 4 nitrogen and oxygen atoms in total. The molecule has 0 fully saturated rings. The van der Waals surface area contributed by atoms with Gasteiger partial charge in [0.05, 0.1) is 17.4 Å². The molecule has 0 aliphatic heterocycles. The van der Waals surface area contributed by atoms with E-state index in [1.807, 2.05) is 39.1 Å². The average Bonchev–Trinajstić information content (AvgIpc) is 2.73. The highest BCUT2D eigenvalue weighted by molar-refractivity contribution is 9.10. The summed E-state index contributed by atoms with van der Waals surface area (Å²) < 4.78 is 2.72. The van der Waals surface area contributed by atoms with Crippen LogP contribution in [-0.4, -0.2) is 22.0 Å². The second-order valence-corrected chi connectivity index (χ2v) is 5.37. The van der Waals surface area contributed by atoms with E-state index in [4.69, 9.17) is 11.6 Å². The van der Waals surface area contributed by atoms with E-state index in [9.17, 15) is 0 Å². The summed E-state index contributed by atoms with van der Waals surface area (Å²) in [7, 11) is 1.90. The summed E-state index contributed by atoms with van der Waals surface area (Å²) in [6.07, 6.45) is 0. The molecule has 2 aromatic rings. The molecule has 1 N–H and O–H groups in total. The van der Waals surface area contributed by atoms with Gasteiger partial charge in [0.1, 0.15) is 5.69 Å². The van der Waals surface area contributed by atoms with Gasteiger partial charge in [0.15, 0.2) is 0 Å². The van der Waals surface area contributed by atoms with E-state index in [0.717, 1.165) is 21.5 Å². The van der Waals surface area contributed by atoms with Crippen molar-refractivity contribution >= 4 is 27.5 Å². The third-order valence-electron chi connectivity index (χ3n) is 2.91. The fourth-order valence-electron chi connectivity index (χ4n) is 1.75. The predicted molar refractivity (Wildman–Crippen MR) is 76.3 cm³/mol. The number of nitrogens with zero attached hydrogens (tertiary/aromatic N) is 3. The van der Waals surface area contributed by atoms with Crippen molar-refractivity contribution in [2.24, 2.45) is 0 Å². The van der Waals surface area contributed by atoms with Crippen LogP contribution < -0.4 is 5.32 Å². The number of halogens is 2. The van der Waals surface area contributed by atoms with Gasteiger partial charge in [0, 0.05) is 9.50 Å². The van der Waals surface area contributed by atoms with Crippen molar-refractivity contribution in [3.8, 4) is 5.69 Å². The van der Waals surface area contributed by atoms with Gasteiger partial charge < -0.3 is 5.32 Å². The van der Waals surface area contributed by atoms with Crippen LogP contribution >= 0.6 is 27.5 Å². The van der Waals surface area contributed by atoms with Crippen molar-refractivity contribution in [2.75, 3.05) is 7.05 Å².